The van der Waals surface area contributed by atoms with Crippen LogP contribution in [0.1, 0.15) is 33.1 Å². The normalized spacial score (nSPS) is 12.2. The van der Waals surface area contributed by atoms with Crippen LogP contribution in [-0.4, -0.2) is 39.9 Å². The molecule has 1 unspecified atom stereocenters. The molecule has 4 heteroatoms. The molecule has 0 bridgehead atoms. The van der Waals surface area contributed by atoms with Gasteiger partial charge in [0.1, 0.15) is 0 Å². The van der Waals surface area contributed by atoms with E-state index in [2.05, 4.69) is 0 Å². The minimum Gasteiger partial charge on any atom is -0.396 e. The molecule has 0 aromatic carbocycles. The predicted octanol–water partition coefficient (Wildman–Crippen LogP) is 0.0944. The molecule has 0 saturated carbocycles. The first kappa shape index (κ1) is 15.3. The summed E-state index contributed by atoms with van der Waals surface area (Å²) in [7, 11) is 0. The van der Waals surface area contributed by atoms with Crippen LogP contribution in [0, 0.1) is 5.92 Å². The van der Waals surface area contributed by atoms with E-state index in [0.29, 0.717) is 0 Å². The molecule has 0 aromatic rings. The van der Waals surface area contributed by atoms with E-state index in [1.165, 1.54) is 0 Å². The highest BCUT2D eigenvalue weighted by molar-refractivity contribution is 4.47. The third kappa shape index (κ3) is 14.7. The SMILES string of the molecule is CCC(C)C(O)O.OCCCCO. The molecular formula is C9H22O4. The van der Waals surface area contributed by atoms with Crippen molar-refractivity contribution in [2.24, 2.45) is 5.92 Å². The van der Waals surface area contributed by atoms with Crippen LogP contribution in [0.2, 0.25) is 0 Å². The van der Waals surface area contributed by atoms with Crippen LogP contribution >= 0.6 is 0 Å². The minimum absolute atomic E-state index is 0.0139. The zero-order valence-corrected chi connectivity index (χ0v) is 8.48. The smallest absolute Gasteiger partial charge is 0.154 e. The molecule has 82 valence electrons. The number of unbranched alkanes of at least 4 members (excludes halogenated alkanes) is 1. The Labute approximate surface area is 79.8 Å². The van der Waals surface area contributed by atoms with Crippen molar-refractivity contribution in [1.82, 2.24) is 0 Å². The second-order valence-electron chi connectivity index (χ2n) is 2.95. The molecule has 0 aliphatic rings. The van der Waals surface area contributed by atoms with Crippen molar-refractivity contribution in [3.63, 3.8) is 0 Å². The van der Waals surface area contributed by atoms with Gasteiger partial charge in [-0.25, -0.2) is 0 Å². The lowest BCUT2D eigenvalue weighted by molar-refractivity contribution is -0.0790. The monoisotopic (exact) mass is 194 g/mol. The van der Waals surface area contributed by atoms with E-state index in [1.54, 1.807) is 6.92 Å². The van der Waals surface area contributed by atoms with Gasteiger partial charge in [-0.3, -0.25) is 0 Å². The van der Waals surface area contributed by atoms with Gasteiger partial charge in [-0.2, -0.15) is 0 Å². The fraction of sp³-hybridized carbons (Fsp3) is 1.00. The van der Waals surface area contributed by atoms with Gasteiger partial charge in [0, 0.05) is 19.1 Å². The van der Waals surface area contributed by atoms with Gasteiger partial charge in [0.2, 0.25) is 0 Å². The molecule has 0 radical (unpaired) electrons. The second-order valence-corrected chi connectivity index (χ2v) is 2.95. The lowest BCUT2D eigenvalue weighted by atomic mass is 10.1. The first-order valence-electron chi connectivity index (χ1n) is 4.67. The van der Waals surface area contributed by atoms with Crippen molar-refractivity contribution in [3.8, 4) is 0 Å². The van der Waals surface area contributed by atoms with Crippen molar-refractivity contribution in [2.75, 3.05) is 13.2 Å². The van der Waals surface area contributed by atoms with E-state index < -0.39 is 6.29 Å². The summed E-state index contributed by atoms with van der Waals surface area (Å²) < 4.78 is 0. The zero-order valence-electron chi connectivity index (χ0n) is 8.48. The van der Waals surface area contributed by atoms with Crippen LogP contribution in [0.15, 0.2) is 0 Å². The Kier molecular flexibility index (Phi) is 14.0. The van der Waals surface area contributed by atoms with Crippen LogP contribution in [0.5, 0.6) is 0 Å². The van der Waals surface area contributed by atoms with Crippen molar-refractivity contribution in [1.29, 1.82) is 0 Å². The van der Waals surface area contributed by atoms with Crippen molar-refractivity contribution < 1.29 is 20.4 Å². The third-order valence-corrected chi connectivity index (χ3v) is 1.72. The summed E-state index contributed by atoms with van der Waals surface area (Å²) in [5, 5.41) is 32.9. The Morgan fingerprint density at radius 1 is 1.00 bits per heavy atom. The van der Waals surface area contributed by atoms with Crippen LogP contribution < -0.4 is 0 Å². The van der Waals surface area contributed by atoms with Crippen molar-refractivity contribution in [2.45, 2.75) is 39.4 Å². The lowest BCUT2D eigenvalue weighted by Crippen LogP contribution is -2.14. The summed E-state index contributed by atoms with van der Waals surface area (Å²) in [4.78, 5) is 0. The molecule has 0 saturated heterocycles. The van der Waals surface area contributed by atoms with Crippen LogP contribution in [0.3, 0.4) is 0 Å². The molecule has 4 nitrogen and oxygen atoms in total. The standard InChI is InChI=1S/C5H12O2.C4H10O2/c1-3-4(2)5(6)7;5-3-1-2-4-6/h4-7H,3H2,1-2H3;5-6H,1-4H2. The molecular weight excluding hydrogens is 172 g/mol. The third-order valence-electron chi connectivity index (χ3n) is 1.72. The van der Waals surface area contributed by atoms with E-state index in [9.17, 15) is 0 Å². The van der Waals surface area contributed by atoms with E-state index in [-0.39, 0.29) is 19.1 Å². The largest absolute Gasteiger partial charge is 0.396 e. The Hall–Kier alpha value is -0.160. The lowest BCUT2D eigenvalue weighted by Gasteiger charge is -2.08. The topological polar surface area (TPSA) is 80.9 Å². The second kappa shape index (κ2) is 11.8. The average Bonchev–Trinajstić information content (AvgIpc) is 2.14. The first-order valence-corrected chi connectivity index (χ1v) is 4.67. The highest BCUT2D eigenvalue weighted by Crippen LogP contribution is 2.02. The molecule has 0 aromatic heterocycles. The van der Waals surface area contributed by atoms with Gasteiger partial charge in [-0.1, -0.05) is 13.8 Å². The van der Waals surface area contributed by atoms with Crippen LogP contribution in [-0.2, 0) is 0 Å². The molecule has 0 aliphatic heterocycles. The summed E-state index contributed by atoms with van der Waals surface area (Å²) in [5.74, 6) is 0.0139. The van der Waals surface area contributed by atoms with Crippen molar-refractivity contribution >= 4 is 0 Å². The van der Waals surface area contributed by atoms with Crippen LogP contribution in [0.25, 0.3) is 0 Å². The van der Waals surface area contributed by atoms with Gasteiger partial charge in [-0.15, -0.1) is 0 Å². The Balaban J connectivity index is 0. The van der Waals surface area contributed by atoms with Gasteiger partial charge >= 0.3 is 0 Å². The number of aliphatic hydroxyl groups is 4. The number of hydrogen-bond acceptors (Lipinski definition) is 4. The Bertz CT molecular complexity index is 81.7. The molecule has 0 spiro atoms. The molecule has 0 aliphatic carbocycles. The maximum Gasteiger partial charge on any atom is 0.154 e. The zero-order chi connectivity index (χ0) is 10.7. The fourth-order valence-electron chi connectivity index (χ4n) is 0.434. The highest BCUT2D eigenvalue weighted by Gasteiger charge is 2.05. The van der Waals surface area contributed by atoms with Gasteiger partial charge < -0.3 is 20.4 Å². The average molecular weight is 194 g/mol. The molecule has 0 amide bonds. The summed E-state index contributed by atoms with van der Waals surface area (Å²) in [6.45, 7) is 4.11. The predicted molar refractivity (Wildman–Crippen MR) is 51.1 cm³/mol. The number of hydrogen-bond donors (Lipinski definition) is 4. The minimum atomic E-state index is -1.13. The number of rotatable bonds is 5. The van der Waals surface area contributed by atoms with E-state index >= 15 is 0 Å². The van der Waals surface area contributed by atoms with E-state index in [4.69, 9.17) is 20.4 Å². The number of aliphatic hydroxyl groups excluding tert-OH is 3. The van der Waals surface area contributed by atoms with Gasteiger partial charge in [0.15, 0.2) is 6.29 Å². The van der Waals surface area contributed by atoms with Gasteiger partial charge in [-0.05, 0) is 19.3 Å². The summed E-state index contributed by atoms with van der Waals surface area (Å²) in [6.07, 6.45) is 1.12. The molecule has 0 fully saturated rings. The summed E-state index contributed by atoms with van der Waals surface area (Å²) in [5.41, 5.74) is 0. The van der Waals surface area contributed by atoms with E-state index in [1.807, 2.05) is 6.92 Å². The first-order chi connectivity index (χ1) is 6.09. The molecule has 0 rings (SSSR count). The molecule has 4 N–H and O–H groups in total. The van der Waals surface area contributed by atoms with Crippen molar-refractivity contribution in [3.05, 3.63) is 0 Å². The van der Waals surface area contributed by atoms with Crippen LogP contribution in [0.4, 0.5) is 0 Å². The fourth-order valence-corrected chi connectivity index (χ4v) is 0.434. The van der Waals surface area contributed by atoms with Gasteiger partial charge in [0.05, 0.1) is 0 Å². The Morgan fingerprint density at radius 2 is 1.38 bits per heavy atom. The molecule has 13 heavy (non-hydrogen) atoms. The maximum absolute atomic E-state index is 8.38. The highest BCUT2D eigenvalue weighted by atomic mass is 16.5. The summed E-state index contributed by atoms with van der Waals surface area (Å²) >= 11 is 0. The molecule has 0 heterocycles. The quantitative estimate of drug-likeness (QED) is 0.369. The molecule has 1 atom stereocenters. The van der Waals surface area contributed by atoms with Gasteiger partial charge in [0.25, 0.3) is 0 Å². The Morgan fingerprint density at radius 3 is 1.46 bits per heavy atom. The maximum atomic E-state index is 8.38. The van der Waals surface area contributed by atoms with E-state index in [0.717, 1.165) is 19.3 Å². The summed E-state index contributed by atoms with van der Waals surface area (Å²) in [6, 6.07) is 0.